The quantitative estimate of drug-likeness (QED) is 0.279. The number of fused-ring (bicyclic) bond motifs is 1. The number of aromatic amines is 1. The molecule has 0 aliphatic rings. The predicted octanol–water partition coefficient (Wildman–Crippen LogP) is 3.93. The van der Waals surface area contributed by atoms with Crippen LogP contribution in [0.3, 0.4) is 0 Å². The molecule has 35 heavy (non-hydrogen) atoms. The van der Waals surface area contributed by atoms with E-state index in [-0.39, 0.29) is 28.9 Å². The summed E-state index contributed by atoms with van der Waals surface area (Å²) in [5.74, 6) is 0.217. The number of alkyl halides is 3. The molecule has 0 saturated carbocycles. The Hall–Kier alpha value is -3.80. The van der Waals surface area contributed by atoms with Crippen LogP contribution in [0.25, 0.3) is 16.7 Å². The van der Waals surface area contributed by atoms with Crippen molar-refractivity contribution < 1.29 is 22.7 Å². The molecule has 0 saturated heterocycles. The zero-order valence-corrected chi connectivity index (χ0v) is 19.2. The monoisotopic (exact) mass is 503 g/mol. The Labute approximate surface area is 201 Å². The van der Waals surface area contributed by atoms with E-state index in [0.29, 0.717) is 34.6 Å². The molecule has 0 spiro atoms. The SMILES string of the molecule is CCOc1ccc(-n2c(SCC(=O)NCc3ccc(C(F)(F)F)cc3)nc3[nH]ncc3c2=O)cc1. The van der Waals surface area contributed by atoms with Gasteiger partial charge >= 0.3 is 6.18 Å². The van der Waals surface area contributed by atoms with Crippen LogP contribution in [0.15, 0.2) is 64.7 Å². The molecule has 182 valence electrons. The first-order chi connectivity index (χ1) is 16.8. The highest BCUT2D eigenvalue weighted by molar-refractivity contribution is 7.99. The third kappa shape index (κ3) is 5.65. The first kappa shape index (κ1) is 24.3. The first-order valence-electron chi connectivity index (χ1n) is 10.5. The van der Waals surface area contributed by atoms with Gasteiger partial charge in [-0.1, -0.05) is 23.9 Å². The van der Waals surface area contributed by atoms with E-state index in [1.54, 1.807) is 24.3 Å². The normalized spacial score (nSPS) is 11.5. The Kier molecular flexibility index (Phi) is 7.10. The number of thioether (sulfide) groups is 1. The van der Waals surface area contributed by atoms with Crippen molar-refractivity contribution >= 4 is 28.7 Å². The van der Waals surface area contributed by atoms with Gasteiger partial charge in [-0.3, -0.25) is 19.3 Å². The lowest BCUT2D eigenvalue weighted by Gasteiger charge is -2.13. The van der Waals surface area contributed by atoms with Crippen LogP contribution < -0.4 is 15.6 Å². The molecule has 8 nitrogen and oxygen atoms in total. The largest absolute Gasteiger partial charge is 0.494 e. The van der Waals surface area contributed by atoms with Gasteiger partial charge < -0.3 is 10.1 Å². The van der Waals surface area contributed by atoms with E-state index >= 15 is 0 Å². The highest BCUT2D eigenvalue weighted by Crippen LogP contribution is 2.29. The molecule has 2 aromatic carbocycles. The number of carbonyl (C=O) groups excluding carboxylic acids is 1. The number of carbonyl (C=O) groups is 1. The van der Waals surface area contributed by atoms with Gasteiger partial charge in [0.05, 0.1) is 29.8 Å². The standard InChI is InChI=1S/C23H20F3N5O3S/c1-2-34-17-9-7-16(8-10-17)31-21(33)18-12-28-30-20(18)29-22(31)35-13-19(32)27-11-14-3-5-15(6-4-14)23(24,25)26/h3-10,12H,2,11,13H2,1H3,(H,27,32)(H,28,30). The van der Waals surface area contributed by atoms with Crippen LogP contribution in [0.1, 0.15) is 18.1 Å². The average Bonchev–Trinajstić information content (AvgIpc) is 3.31. The van der Waals surface area contributed by atoms with Crippen LogP contribution in [-0.4, -0.2) is 38.0 Å². The number of nitrogens with zero attached hydrogens (tertiary/aromatic N) is 3. The summed E-state index contributed by atoms with van der Waals surface area (Å²) in [5.41, 5.74) is 0.266. The van der Waals surface area contributed by atoms with Crippen molar-refractivity contribution in [1.29, 1.82) is 0 Å². The molecule has 0 fully saturated rings. The Bertz CT molecular complexity index is 1380. The molecule has 0 aliphatic carbocycles. The highest BCUT2D eigenvalue weighted by atomic mass is 32.2. The summed E-state index contributed by atoms with van der Waals surface area (Å²) < 4.78 is 44.9. The number of halogens is 3. The fourth-order valence-electron chi connectivity index (χ4n) is 3.25. The van der Waals surface area contributed by atoms with Crippen LogP contribution in [0, 0.1) is 0 Å². The smallest absolute Gasteiger partial charge is 0.416 e. The molecule has 0 unspecified atom stereocenters. The summed E-state index contributed by atoms with van der Waals surface area (Å²) in [6, 6.07) is 11.5. The maximum atomic E-state index is 13.1. The van der Waals surface area contributed by atoms with Crippen molar-refractivity contribution in [3.8, 4) is 11.4 Å². The number of ether oxygens (including phenoxy) is 1. The fourth-order valence-corrected chi connectivity index (χ4v) is 4.09. The zero-order valence-electron chi connectivity index (χ0n) is 18.4. The molecule has 0 bridgehead atoms. The summed E-state index contributed by atoms with van der Waals surface area (Å²) in [6.45, 7) is 2.44. The van der Waals surface area contributed by atoms with Crippen molar-refractivity contribution in [2.45, 2.75) is 24.8 Å². The number of rotatable bonds is 8. The van der Waals surface area contributed by atoms with Crippen LogP contribution in [0.5, 0.6) is 5.75 Å². The van der Waals surface area contributed by atoms with Crippen molar-refractivity contribution in [1.82, 2.24) is 25.1 Å². The van der Waals surface area contributed by atoms with E-state index in [1.807, 2.05) is 6.92 Å². The number of hydrogen-bond acceptors (Lipinski definition) is 6. The molecule has 2 aromatic heterocycles. The second-order valence-electron chi connectivity index (χ2n) is 7.35. The Morgan fingerprint density at radius 1 is 1.14 bits per heavy atom. The molecular weight excluding hydrogens is 483 g/mol. The molecule has 2 N–H and O–H groups in total. The molecule has 0 aliphatic heterocycles. The molecule has 12 heteroatoms. The molecule has 2 heterocycles. The molecule has 1 amide bonds. The lowest BCUT2D eigenvalue weighted by molar-refractivity contribution is -0.137. The lowest BCUT2D eigenvalue weighted by atomic mass is 10.1. The van der Waals surface area contributed by atoms with E-state index in [2.05, 4.69) is 20.5 Å². The van der Waals surface area contributed by atoms with Gasteiger partial charge in [-0.05, 0) is 48.9 Å². The van der Waals surface area contributed by atoms with Crippen molar-refractivity contribution in [3.63, 3.8) is 0 Å². The van der Waals surface area contributed by atoms with Gasteiger partial charge in [-0.2, -0.15) is 18.3 Å². The van der Waals surface area contributed by atoms with E-state index in [0.717, 1.165) is 23.9 Å². The minimum Gasteiger partial charge on any atom is -0.494 e. The van der Waals surface area contributed by atoms with E-state index in [4.69, 9.17) is 4.74 Å². The number of hydrogen-bond donors (Lipinski definition) is 2. The van der Waals surface area contributed by atoms with Gasteiger partial charge in [0.15, 0.2) is 10.8 Å². The number of benzene rings is 2. The van der Waals surface area contributed by atoms with E-state index in [1.165, 1.54) is 22.9 Å². The summed E-state index contributed by atoms with van der Waals surface area (Å²) in [4.78, 5) is 30.0. The second kappa shape index (κ2) is 10.2. The first-order valence-corrected chi connectivity index (χ1v) is 11.5. The van der Waals surface area contributed by atoms with Gasteiger partial charge in [-0.15, -0.1) is 0 Å². The number of nitrogens with one attached hydrogen (secondary N) is 2. The Balaban J connectivity index is 1.49. The predicted molar refractivity (Wildman–Crippen MR) is 125 cm³/mol. The van der Waals surface area contributed by atoms with Gasteiger partial charge in [0, 0.05) is 6.54 Å². The molecule has 4 rings (SSSR count). The summed E-state index contributed by atoms with van der Waals surface area (Å²) in [5, 5.41) is 9.78. The number of H-pyrrole nitrogens is 1. The Morgan fingerprint density at radius 3 is 2.51 bits per heavy atom. The fraction of sp³-hybridized carbons (Fsp3) is 0.217. The van der Waals surface area contributed by atoms with Crippen molar-refractivity contribution in [2.75, 3.05) is 12.4 Å². The Morgan fingerprint density at radius 2 is 1.86 bits per heavy atom. The minimum absolute atomic E-state index is 0.0657. The van der Waals surface area contributed by atoms with Crippen LogP contribution in [0.4, 0.5) is 13.2 Å². The maximum Gasteiger partial charge on any atom is 0.416 e. The van der Waals surface area contributed by atoms with E-state index < -0.39 is 11.7 Å². The lowest BCUT2D eigenvalue weighted by Crippen LogP contribution is -2.26. The topological polar surface area (TPSA) is 102 Å². The van der Waals surface area contributed by atoms with Gasteiger partial charge in [0.1, 0.15) is 11.1 Å². The summed E-state index contributed by atoms with van der Waals surface area (Å²) in [6.07, 6.45) is -3.03. The second-order valence-corrected chi connectivity index (χ2v) is 8.30. The molecular formula is C23H20F3N5O3S. The average molecular weight is 504 g/mol. The number of aromatic nitrogens is 4. The summed E-state index contributed by atoms with van der Waals surface area (Å²) in [7, 11) is 0. The van der Waals surface area contributed by atoms with Gasteiger partial charge in [0.25, 0.3) is 5.56 Å². The third-order valence-corrected chi connectivity index (χ3v) is 5.90. The van der Waals surface area contributed by atoms with Crippen LogP contribution in [-0.2, 0) is 17.5 Å². The van der Waals surface area contributed by atoms with Gasteiger partial charge in [0.2, 0.25) is 5.91 Å². The van der Waals surface area contributed by atoms with Gasteiger partial charge in [-0.25, -0.2) is 4.98 Å². The van der Waals surface area contributed by atoms with E-state index in [9.17, 15) is 22.8 Å². The minimum atomic E-state index is -4.42. The summed E-state index contributed by atoms with van der Waals surface area (Å²) >= 11 is 1.05. The highest BCUT2D eigenvalue weighted by Gasteiger charge is 2.29. The van der Waals surface area contributed by atoms with Crippen LogP contribution >= 0.6 is 11.8 Å². The third-order valence-electron chi connectivity index (χ3n) is 4.96. The number of amides is 1. The molecule has 4 aromatic rings. The maximum absolute atomic E-state index is 13.1. The van der Waals surface area contributed by atoms with Crippen molar-refractivity contribution in [2.24, 2.45) is 0 Å². The van der Waals surface area contributed by atoms with Crippen molar-refractivity contribution in [3.05, 3.63) is 76.2 Å². The van der Waals surface area contributed by atoms with Crippen LogP contribution in [0.2, 0.25) is 0 Å². The molecule has 0 radical (unpaired) electrons. The molecule has 0 atom stereocenters. The zero-order chi connectivity index (χ0) is 25.0.